The van der Waals surface area contributed by atoms with Gasteiger partial charge in [-0.15, -0.1) is 0 Å². The third-order valence-corrected chi connectivity index (χ3v) is 3.10. The molecule has 88 valence electrons. The Hall–Kier alpha value is -1.61. The van der Waals surface area contributed by atoms with Gasteiger partial charge in [0, 0.05) is 36.4 Å². The van der Waals surface area contributed by atoms with Crippen LogP contribution in [0.5, 0.6) is 0 Å². The second kappa shape index (κ2) is 4.72. The predicted octanol–water partition coefficient (Wildman–Crippen LogP) is 2.40. The molecule has 2 aromatic rings. The van der Waals surface area contributed by atoms with Crippen LogP contribution in [0.3, 0.4) is 0 Å². The molecule has 0 unspecified atom stereocenters. The summed E-state index contributed by atoms with van der Waals surface area (Å²) < 4.78 is 0. The number of benzene rings is 1. The highest BCUT2D eigenvalue weighted by atomic mass is 15.0. The van der Waals surface area contributed by atoms with Gasteiger partial charge in [-0.1, -0.05) is 18.2 Å². The first kappa shape index (κ1) is 10.5. The molecule has 1 fully saturated rings. The molecule has 0 aliphatic heterocycles. The number of hydrogen-bond donors (Lipinski definition) is 2. The molecule has 1 aliphatic carbocycles. The zero-order chi connectivity index (χ0) is 11.5. The van der Waals surface area contributed by atoms with E-state index in [1.807, 2.05) is 24.4 Å². The van der Waals surface area contributed by atoms with Crippen molar-refractivity contribution in [1.82, 2.24) is 10.3 Å². The van der Waals surface area contributed by atoms with Crippen molar-refractivity contribution in [3.63, 3.8) is 0 Å². The van der Waals surface area contributed by atoms with Crippen molar-refractivity contribution in [2.45, 2.75) is 18.9 Å². The second-order valence-corrected chi connectivity index (χ2v) is 4.53. The van der Waals surface area contributed by atoms with Gasteiger partial charge in [0.2, 0.25) is 0 Å². The highest BCUT2D eigenvalue weighted by Gasteiger charge is 2.19. The van der Waals surface area contributed by atoms with Gasteiger partial charge in [-0.25, -0.2) is 0 Å². The fraction of sp³-hybridized carbons (Fsp3) is 0.357. The quantitative estimate of drug-likeness (QED) is 0.770. The number of pyridine rings is 1. The Labute approximate surface area is 101 Å². The minimum Gasteiger partial charge on any atom is -0.383 e. The molecule has 3 rings (SSSR count). The summed E-state index contributed by atoms with van der Waals surface area (Å²) in [6.45, 7) is 1.99. The standard InChI is InChI=1S/C14H17N3/c1-2-4-13-12(3-1)14(7-8-16-13)17-10-9-15-11-5-6-11/h1-4,7-8,11,15H,5-6,9-10H2,(H,16,17). The van der Waals surface area contributed by atoms with Crippen LogP contribution in [-0.2, 0) is 0 Å². The van der Waals surface area contributed by atoms with Crippen LogP contribution in [0.25, 0.3) is 10.9 Å². The lowest BCUT2D eigenvalue weighted by Gasteiger charge is -2.09. The van der Waals surface area contributed by atoms with Crippen LogP contribution >= 0.6 is 0 Å². The van der Waals surface area contributed by atoms with E-state index < -0.39 is 0 Å². The lowest BCUT2D eigenvalue weighted by atomic mass is 10.2. The van der Waals surface area contributed by atoms with Crippen molar-refractivity contribution in [1.29, 1.82) is 0 Å². The average Bonchev–Trinajstić information content (AvgIpc) is 3.19. The Morgan fingerprint density at radius 3 is 2.88 bits per heavy atom. The minimum atomic E-state index is 0.783. The molecule has 1 saturated carbocycles. The molecular formula is C14H17N3. The van der Waals surface area contributed by atoms with Crippen molar-refractivity contribution in [2.75, 3.05) is 18.4 Å². The van der Waals surface area contributed by atoms with Gasteiger partial charge in [0.25, 0.3) is 0 Å². The normalized spacial score (nSPS) is 15.1. The summed E-state index contributed by atoms with van der Waals surface area (Å²) in [5.74, 6) is 0. The van der Waals surface area contributed by atoms with Crippen molar-refractivity contribution in [2.24, 2.45) is 0 Å². The first-order valence-electron chi connectivity index (χ1n) is 6.24. The van der Waals surface area contributed by atoms with E-state index in [2.05, 4.69) is 27.8 Å². The van der Waals surface area contributed by atoms with Crippen LogP contribution in [-0.4, -0.2) is 24.1 Å². The number of nitrogens with zero attached hydrogens (tertiary/aromatic N) is 1. The molecule has 0 bridgehead atoms. The smallest absolute Gasteiger partial charge is 0.0722 e. The molecule has 0 saturated heterocycles. The molecule has 3 nitrogen and oxygen atoms in total. The summed E-state index contributed by atoms with van der Waals surface area (Å²) in [5, 5.41) is 8.16. The first-order chi connectivity index (χ1) is 8.43. The fourth-order valence-corrected chi connectivity index (χ4v) is 2.01. The maximum atomic E-state index is 4.35. The average molecular weight is 227 g/mol. The molecule has 2 N–H and O–H groups in total. The van der Waals surface area contributed by atoms with Crippen LogP contribution in [0.1, 0.15) is 12.8 Å². The van der Waals surface area contributed by atoms with E-state index in [1.165, 1.54) is 23.9 Å². The Morgan fingerprint density at radius 2 is 2.00 bits per heavy atom. The largest absolute Gasteiger partial charge is 0.383 e. The number of hydrogen-bond acceptors (Lipinski definition) is 3. The summed E-state index contributed by atoms with van der Waals surface area (Å²) in [4.78, 5) is 4.35. The predicted molar refractivity (Wildman–Crippen MR) is 71.3 cm³/mol. The van der Waals surface area contributed by atoms with Gasteiger partial charge >= 0.3 is 0 Å². The van der Waals surface area contributed by atoms with Crippen LogP contribution in [0.4, 0.5) is 5.69 Å². The second-order valence-electron chi connectivity index (χ2n) is 4.53. The van der Waals surface area contributed by atoms with E-state index in [4.69, 9.17) is 0 Å². The van der Waals surface area contributed by atoms with E-state index in [0.29, 0.717) is 0 Å². The highest BCUT2D eigenvalue weighted by molar-refractivity contribution is 5.90. The Kier molecular flexibility index (Phi) is 2.92. The molecular weight excluding hydrogens is 210 g/mol. The third kappa shape index (κ3) is 2.56. The highest BCUT2D eigenvalue weighted by Crippen LogP contribution is 2.21. The summed E-state index contributed by atoms with van der Waals surface area (Å²) in [6.07, 6.45) is 4.55. The first-order valence-corrected chi connectivity index (χ1v) is 6.24. The molecule has 1 heterocycles. The molecule has 0 spiro atoms. The molecule has 0 atom stereocenters. The van der Waals surface area contributed by atoms with Crippen molar-refractivity contribution < 1.29 is 0 Å². The minimum absolute atomic E-state index is 0.783. The van der Waals surface area contributed by atoms with Crippen molar-refractivity contribution >= 4 is 16.6 Å². The van der Waals surface area contributed by atoms with E-state index in [9.17, 15) is 0 Å². The van der Waals surface area contributed by atoms with Crippen molar-refractivity contribution in [3.8, 4) is 0 Å². The number of nitrogens with one attached hydrogen (secondary N) is 2. The molecule has 1 aromatic heterocycles. The molecule has 0 amide bonds. The zero-order valence-electron chi connectivity index (χ0n) is 9.82. The number of rotatable bonds is 5. The maximum absolute atomic E-state index is 4.35. The van der Waals surface area contributed by atoms with E-state index in [-0.39, 0.29) is 0 Å². The lowest BCUT2D eigenvalue weighted by molar-refractivity contribution is 0.701. The van der Waals surface area contributed by atoms with Gasteiger partial charge in [-0.05, 0) is 25.0 Å². The van der Waals surface area contributed by atoms with Crippen LogP contribution in [0.15, 0.2) is 36.5 Å². The Bertz CT molecular complexity index is 500. The van der Waals surface area contributed by atoms with Gasteiger partial charge in [0.1, 0.15) is 0 Å². The molecule has 1 aliphatic rings. The fourth-order valence-electron chi connectivity index (χ4n) is 2.01. The van der Waals surface area contributed by atoms with Gasteiger partial charge < -0.3 is 10.6 Å². The Morgan fingerprint density at radius 1 is 1.12 bits per heavy atom. The van der Waals surface area contributed by atoms with E-state index in [1.54, 1.807) is 0 Å². The summed E-state index contributed by atoms with van der Waals surface area (Å²) >= 11 is 0. The number of fused-ring (bicyclic) bond motifs is 1. The Balaban J connectivity index is 1.66. The molecule has 3 heteroatoms. The number of anilines is 1. The lowest BCUT2D eigenvalue weighted by Crippen LogP contribution is -2.23. The van der Waals surface area contributed by atoms with Crippen molar-refractivity contribution in [3.05, 3.63) is 36.5 Å². The monoisotopic (exact) mass is 227 g/mol. The molecule has 1 aromatic carbocycles. The van der Waals surface area contributed by atoms with Gasteiger partial charge in [-0.3, -0.25) is 4.98 Å². The topological polar surface area (TPSA) is 37.0 Å². The van der Waals surface area contributed by atoms with Gasteiger partial charge in [0.05, 0.1) is 5.52 Å². The van der Waals surface area contributed by atoms with Crippen LogP contribution < -0.4 is 10.6 Å². The number of aromatic nitrogens is 1. The van der Waals surface area contributed by atoms with Crippen LogP contribution in [0.2, 0.25) is 0 Å². The zero-order valence-corrected chi connectivity index (χ0v) is 9.82. The number of para-hydroxylation sites is 1. The summed E-state index contributed by atoms with van der Waals surface area (Å²) in [6, 6.07) is 11.1. The summed E-state index contributed by atoms with van der Waals surface area (Å²) in [5.41, 5.74) is 2.22. The third-order valence-electron chi connectivity index (χ3n) is 3.10. The molecule has 17 heavy (non-hydrogen) atoms. The van der Waals surface area contributed by atoms with E-state index in [0.717, 1.165) is 24.6 Å². The van der Waals surface area contributed by atoms with Crippen LogP contribution in [0, 0.1) is 0 Å². The van der Waals surface area contributed by atoms with E-state index >= 15 is 0 Å². The molecule has 0 radical (unpaired) electrons. The SMILES string of the molecule is c1ccc2c(NCCNC3CC3)ccnc2c1. The summed E-state index contributed by atoms with van der Waals surface area (Å²) in [7, 11) is 0. The van der Waals surface area contributed by atoms with Gasteiger partial charge in [0.15, 0.2) is 0 Å². The maximum Gasteiger partial charge on any atom is 0.0722 e. The van der Waals surface area contributed by atoms with Gasteiger partial charge in [-0.2, -0.15) is 0 Å².